The van der Waals surface area contributed by atoms with Crippen LogP contribution in [0.2, 0.25) is 0 Å². The van der Waals surface area contributed by atoms with Crippen LogP contribution >= 0.6 is 0 Å². The van der Waals surface area contributed by atoms with Gasteiger partial charge >= 0.3 is 0 Å². The van der Waals surface area contributed by atoms with Gasteiger partial charge in [0.15, 0.2) is 0 Å². The molecule has 0 aromatic carbocycles. The molecule has 0 saturated heterocycles. The van der Waals surface area contributed by atoms with Crippen molar-refractivity contribution in [3.05, 3.63) is 47.8 Å². The number of hydrogen-bond donors (Lipinski definition) is 2. The summed E-state index contributed by atoms with van der Waals surface area (Å²) in [5.74, 6) is 0. The normalized spacial score (nSPS) is 11.5. The Balaban J connectivity index is 1.93. The molecule has 0 radical (unpaired) electrons. The van der Waals surface area contributed by atoms with Gasteiger partial charge in [-0.3, -0.25) is 0 Å². The summed E-state index contributed by atoms with van der Waals surface area (Å²) >= 11 is 0. The van der Waals surface area contributed by atoms with Gasteiger partial charge in [0.05, 0.1) is 22.8 Å². The van der Waals surface area contributed by atoms with Gasteiger partial charge in [0.25, 0.3) is 0 Å². The van der Waals surface area contributed by atoms with Crippen molar-refractivity contribution in [2.45, 2.75) is 13.1 Å². The van der Waals surface area contributed by atoms with Gasteiger partial charge in [-0.2, -0.15) is 0 Å². The standard InChI is InChI=1S/C20H32N6/c1-25(2)13-11-21-15-17-7-5-9-19(23-17)20-10-6-8-18(24-20)16-22-12-14-26(3)4/h5-10,21-22H,11-16H2,1-4H3. The number of pyridine rings is 2. The molecule has 0 unspecified atom stereocenters. The van der Waals surface area contributed by atoms with Crippen LogP contribution in [0.5, 0.6) is 0 Å². The van der Waals surface area contributed by atoms with E-state index in [4.69, 9.17) is 9.97 Å². The largest absolute Gasteiger partial charge is 0.310 e. The van der Waals surface area contributed by atoms with Gasteiger partial charge in [-0.1, -0.05) is 12.1 Å². The average Bonchev–Trinajstić information content (AvgIpc) is 2.63. The molecule has 0 fully saturated rings. The van der Waals surface area contributed by atoms with Gasteiger partial charge in [0.2, 0.25) is 0 Å². The van der Waals surface area contributed by atoms with Crippen LogP contribution in [-0.4, -0.2) is 74.1 Å². The summed E-state index contributed by atoms with van der Waals surface area (Å²) in [5.41, 5.74) is 3.93. The van der Waals surface area contributed by atoms with Crippen molar-refractivity contribution in [3.63, 3.8) is 0 Å². The first-order chi connectivity index (χ1) is 12.5. The monoisotopic (exact) mass is 356 g/mol. The van der Waals surface area contributed by atoms with E-state index < -0.39 is 0 Å². The predicted octanol–water partition coefficient (Wildman–Crippen LogP) is 1.45. The molecule has 0 aliphatic carbocycles. The number of aromatic nitrogens is 2. The Morgan fingerprint density at radius 1 is 0.692 bits per heavy atom. The third-order valence-electron chi connectivity index (χ3n) is 3.96. The molecule has 2 aromatic rings. The minimum atomic E-state index is 0.771. The van der Waals surface area contributed by atoms with Gasteiger partial charge < -0.3 is 20.4 Å². The Hall–Kier alpha value is -1.86. The van der Waals surface area contributed by atoms with Crippen molar-refractivity contribution in [2.24, 2.45) is 0 Å². The second-order valence-electron chi connectivity index (χ2n) is 6.99. The van der Waals surface area contributed by atoms with Gasteiger partial charge in [-0.15, -0.1) is 0 Å². The molecule has 2 N–H and O–H groups in total. The molecule has 2 aromatic heterocycles. The SMILES string of the molecule is CN(C)CCNCc1cccc(-c2cccc(CNCCN(C)C)n2)n1. The highest BCUT2D eigenvalue weighted by atomic mass is 15.1. The first kappa shape index (κ1) is 20.5. The molecule has 2 rings (SSSR count). The van der Waals surface area contributed by atoms with Crippen LogP contribution in [0.4, 0.5) is 0 Å². The number of nitrogens with one attached hydrogen (secondary N) is 2. The Kier molecular flexibility index (Phi) is 8.64. The van der Waals surface area contributed by atoms with Crippen LogP contribution in [0.3, 0.4) is 0 Å². The molecule has 0 spiro atoms. The van der Waals surface area contributed by atoms with Crippen molar-refractivity contribution in [2.75, 3.05) is 54.4 Å². The third kappa shape index (κ3) is 7.58. The highest BCUT2D eigenvalue weighted by molar-refractivity contribution is 5.54. The molecule has 0 aliphatic rings. The molecule has 6 nitrogen and oxygen atoms in total. The summed E-state index contributed by atoms with van der Waals surface area (Å²) < 4.78 is 0. The Morgan fingerprint density at radius 3 is 1.50 bits per heavy atom. The van der Waals surface area contributed by atoms with Gasteiger partial charge in [0, 0.05) is 39.3 Å². The fraction of sp³-hybridized carbons (Fsp3) is 0.500. The smallest absolute Gasteiger partial charge is 0.0890 e. The zero-order chi connectivity index (χ0) is 18.8. The van der Waals surface area contributed by atoms with E-state index in [9.17, 15) is 0 Å². The maximum atomic E-state index is 4.75. The molecule has 2 heterocycles. The van der Waals surface area contributed by atoms with E-state index in [2.05, 4.69) is 72.9 Å². The zero-order valence-electron chi connectivity index (χ0n) is 16.5. The molecule has 26 heavy (non-hydrogen) atoms. The molecule has 0 aliphatic heterocycles. The highest BCUT2D eigenvalue weighted by Gasteiger charge is 2.04. The number of nitrogens with zero attached hydrogens (tertiary/aromatic N) is 4. The van der Waals surface area contributed by atoms with Crippen LogP contribution < -0.4 is 10.6 Å². The Labute approximate surface area is 157 Å². The summed E-state index contributed by atoms with van der Waals surface area (Å²) in [6.07, 6.45) is 0. The van der Waals surface area contributed by atoms with Gasteiger partial charge in [-0.25, -0.2) is 9.97 Å². The number of hydrogen-bond acceptors (Lipinski definition) is 6. The summed E-state index contributed by atoms with van der Waals surface area (Å²) in [6.45, 7) is 5.48. The minimum Gasteiger partial charge on any atom is -0.310 e. The third-order valence-corrected chi connectivity index (χ3v) is 3.96. The van der Waals surface area contributed by atoms with Crippen LogP contribution in [0, 0.1) is 0 Å². The molecule has 0 amide bonds. The highest BCUT2D eigenvalue weighted by Crippen LogP contribution is 2.15. The van der Waals surface area contributed by atoms with Crippen molar-refractivity contribution < 1.29 is 0 Å². The van der Waals surface area contributed by atoms with Crippen molar-refractivity contribution in [1.82, 2.24) is 30.4 Å². The first-order valence-electron chi connectivity index (χ1n) is 9.18. The van der Waals surface area contributed by atoms with Crippen LogP contribution in [-0.2, 0) is 13.1 Å². The summed E-state index contributed by atoms with van der Waals surface area (Å²) in [6, 6.07) is 12.3. The van der Waals surface area contributed by atoms with E-state index in [1.165, 1.54) is 0 Å². The summed E-state index contributed by atoms with van der Waals surface area (Å²) in [5, 5.41) is 6.86. The van der Waals surface area contributed by atoms with Crippen molar-refractivity contribution in [1.29, 1.82) is 0 Å². The Morgan fingerprint density at radius 2 is 1.12 bits per heavy atom. The maximum Gasteiger partial charge on any atom is 0.0890 e. The second-order valence-corrected chi connectivity index (χ2v) is 6.99. The van der Waals surface area contributed by atoms with Crippen LogP contribution in [0.1, 0.15) is 11.4 Å². The quantitative estimate of drug-likeness (QED) is 0.595. The molecule has 6 heteroatoms. The summed E-state index contributed by atoms with van der Waals surface area (Å²) in [7, 11) is 8.31. The zero-order valence-corrected chi connectivity index (χ0v) is 16.5. The van der Waals surface area contributed by atoms with E-state index in [1.807, 2.05) is 12.1 Å². The van der Waals surface area contributed by atoms with Crippen molar-refractivity contribution in [3.8, 4) is 11.4 Å². The molecule has 142 valence electrons. The number of rotatable bonds is 11. The van der Waals surface area contributed by atoms with Gasteiger partial charge in [0.1, 0.15) is 0 Å². The minimum absolute atomic E-state index is 0.771. The fourth-order valence-corrected chi connectivity index (χ4v) is 2.48. The number of likely N-dealkylation sites (N-methyl/N-ethyl adjacent to an activating group) is 2. The molecule has 0 saturated carbocycles. The van der Waals surface area contributed by atoms with E-state index in [0.29, 0.717) is 0 Å². The molecule has 0 bridgehead atoms. The van der Waals surface area contributed by atoms with Gasteiger partial charge in [-0.05, 0) is 52.5 Å². The lowest BCUT2D eigenvalue weighted by atomic mass is 10.2. The molecular weight excluding hydrogens is 324 g/mol. The summed E-state index contributed by atoms with van der Waals surface area (Å²) in [4.78, 5) is 13.8. The second kappa shape index (κ2) is 11.0. The maximum absolute atomic E-state index is 4.75. The predicted molar refractivity (Wildman–Crippen MR) is 108 cm³/mol. The molecular formula is C20H32N6. The first-order valence-corrected chi connectivity index (χ1v) is 9.18. The van der Waals surface area contributed by atoms with Crippen molar-refractivity contribution >= 4 is 0 Å². The Bertz CT molecular complexity index is 599. The van der Waals surface area contributed by atoms with E-state index in [0.717, 1.165) is 62.0 Å². The fourth-order valence-electron chi connectivity index (χ4n) is 2.48. The lowest BCUT2D eigenvalue weighted by Gasteiger charge is -2.11. The van der Waals surface area contributed by atoms with Crippen LogP contribution in [0.15, 0.2) is 36.4 Å². The lowest BCUT2D eigenvalue weighted by molar-refractivity contribution is 0.399. The van der Waals surface area contributed by atoms with E-state index in [-0.39, 0.29) is 0 Å². The topological polar surface area (TPSA) is 56.3 Å². The lowest BCUT2D eigenvalue weighted by Crippen LogP contribution is -2.26. The molecule has 0 atom stereocenters. The van der Waals surface area contributed by atoms with E-state index >= 15 is 0 Å². The van der Waals surface area contributed by atoms with Crippen LogP contribution in [0.25, 0.3) is 11.4 Å². The average molecular weight is 357 g/mol. The van der Waals surface area contributed by atoms with E-state index in [1.54, 1.807) is 0 Å².